The molecule has 22 heavy (non-hydrogen) atoms. The number of aromatic nitrogens is 1. The second kappa shape index (κ2) is 6.22. The summed E-state index contributed by atoms with van der Waals surface area (Å²) >= 11 is 0. The van der Waals surface area contributed by atoms with Crippen LogP contribution < -0.4 is 10.6 Å². The van der Waals surface area contributed by atoms with Crippen LogP contribution in [0.25, 0.3) is 10.8 Å². The van der Waals surface area contributed by atoms with E-state index in [-0.39, 0.29) is 18.4 Å². The van der Waals surface area contributed by atoms with E-state index in [1.54, 1.807) is 24.5 Å². The summed E-state index contributed by atoms with van der Waals surface area (Å²) in [4.78, 5) is 16.0. The number of urea groups is 1. The van der Waals surface area contributed by atoms with Gasteiger partial charge in [0.25, 0.3) is 0 Å². The molecule has 4 nitrogen and oxygen atoms in total. The SMILES string of the molecule is O=C(NCc1cccc(F)c1)Nc1cccc2cnccc12. The zero-order valence-electron chi connectivity index (χ0n) is 11.7. The van der Waals surface area contributed by atoms with Gasteiger partial charge in [-0.2, -0.15) is 0 Å². The molecule has 0 aliphatic rings. The number of nitrogens with one attached hydrogen (secondary N) is 2. The van der Waals surface area contributed by atoms with Crippen LogP contribution in [0, 0.1) is 5.82 Å². The quantitative estimate of drug-likeness (QED) is 0.774. The number of fused-ring (bicyclic) bond motifs is 1. The number of hydrogen-bond donors (Lipinski definition) is 2. The lowest BCUT2D eigenvalue weighted by molar-refractivity contribution is 0.251. The van der Waals surface area contributed by atoms with Crippen LogP contribution in [0.15, 0.2) is 60.9 Å². The van der Waals surface area contributed by atoms with Gasteiger partial charge in [0, 0.05) is 29.7 Å². The Bertz CT molecular complexity index is 814. The molecule has 0 fully saturated rings. The average molecular weight is 295 g/mol. The van der Waals surface area contributed by atoms with Crippen molar-refractivity contribution in [3.05, 3.63) is 72.3 Å². The molecule has 1 heterocycles. The first-order valence-corrected chi connectivity index (χ1v) is 6.84. The summed E-state index contributed by atoms with van der Waals surface area (Å²) in [6.07, 6.45) is 3.42. The minimum absolute atomic E-state index is 0.260. The van der Waals surface area contributed by atoms with Crippen LogP contribution in [0.2, 0.25) is 0 Å². The highest BCUT2D eigenvalue weighted by atomic mass is 19.1. The molecule has 0 radical (unpaired) electrons. The number of pyridine rings is 1. The van der Waals surface area contributed by atoms with Crippen molar-refractivity contribution in [3.8, 4) is 0 Å². The van der Waals surface area contributed by atoms with Gasteiger partial charge in [0.05, 0.1) is 5.69 Å². The molecule has 0 spiro atoms. The van der Waals surface area contributed by atoms with Gasteiger partial charge < -0.3 is 10.6 Å². The predicted octanol–water partition coefficient (Wildman–Crippen LogP) is 3.70. The van der Waals surface area contributed by atoms with Gasteiger partial charge in [0.15, 0.2) is 0 Å². The standard InChI is InChI=1S/C17H14FN3O/c18-14-5-1-3-12(9-14)10-20-17(22)21-16-6-2-4-13-11-19-8-7-15(13)16/h1-9,11H,10H2,(H2,20,21,22). The van der Waals surface area contributed by atoms with E-state index in [0.29, 0.717) is 11.3 Å². The van der Waals surface area contributed by atoms with E-state index >= 15 is 0 Å². The van der Waals surface area contributed by atoms with E-state index in [0.717, 1.165) is 10.8 Å². The van der Waals surface area contributed by atoms with Gasteiger partial charge in [-0.3, -0.25) is 4.98 Å². The zero-order valence-corrected chi connectivity index (χ0v) is 11.7. The Morgan fingerprint density at radius 3 is 2.86 bits per heavy atom. The van der Waals surface area contributed by atoms with Crippen LogP contribution in [0.5, 0.6) is 0 Å². The monoisotopic (exact) mass is 295 g/mol. The predicted molar refractivity (Wildman–Crippen MR) is 84.0 cm³/mol. The third kappa shape index (κ3) is 3.20. The molecule has 3 aromatic rings. The van der Waals surface area contributed by atoms with Crippen molar-refractivity contribution in [2.45, 2.75) is 6.54 Å². The maximum atomic E-state index is 13.1. The van der Waals surface area contributed by atoms with E-state index < -0.39 is 0 Å². The zero-order chi connectivity index (χ0) is 15.4. The van der Waals surface area contributed by atoms with Crippen LogP contribution in [-0.2, 0) is 6.54 Å². The number of halogens is 1. The summed E-state index contributed by atoms with van der Waals surface area (Å²) in [5, 5.41) is 7.37. The van der Waals surface area contributed by atoms with E-state index in [1.807, 2.05) is 24.3 Å². The van der Waals surface area contributed by atoms with Crippen LogP contribution in [0.4, 0.5) is 14.9 Å². The molecule has 2 N–H and O–H groups in total. The van der Waals surface area contributed by atoms with Crippen molar-refractivity contribution in [2.24, 2.45) is 0 Å². The fourth-order valence-corrected chi connectivity index (χ4v) is 2.23. The lowest BCUT2D eigenvalue weighted by Crippen LogP contribution is -2.28. The van der Waals surface area contributed by atoms with Gasteiger partial charge in [0.1, 0.15) is 5.82 Å². The van der Waals surface area contributed by atoms with Crippen molar-refractivity contribution < 1.29 is 9.18 Å². The number of carbonyl (C=O) groups is 1. The molecular weight excluding hydrogens is 281 g/mol. The number of rotatable bonds is 3. The number of amides is 2. The van der Waals surface area contributed by atoms with Crippen molar-refractivity contribution in [3.63, 3.8) is 0 Å². The Balaban J connectivity index is 1.68. The third-order valence-corrected chi connectivity index (χ3v) is 3.27. The fourth-order valence-electron chi connectivity index (χ4n) is 2.23. The number of benzene rings is 2. The van der Waals surface area contributed by atoms with Crippen molar-refractivity contribution in [2.75, 3.05) is 5.32 Å². The largest absolute Gasteiger partial charge is 0.334 e. The fraction of sp³-hybridized carbons (Fsp3) is 0.0588. The number of hydrogen-bond acceptors (Lipinski definition) is 2. The Labute approximate surface area is 127 Å². The van der Waals surface area contributed by atoms with E-state index in [1.165, 1.54) is 12.1 Å². The summed E-state index contributed by atoms with van der Waals surface area (Å²) in [6, 6.07) is 13.2. The normalized spacial score (nSPS) is 10.4. The first kappa shape index (κ1) is 14.0. The van der Waals surface area contributed by atoms with E-state index in [4.69, 9.17) is 0 Å². The molecule has 0 saturated carbocycles. The number of nitrogens with zero attached hydrogens (tertiary/aromatic N) is 1. The molecule has 3 rings (SSSR count). The average Bonchev–Trinajstić information content (AvgIpc) is 2.53. The topological polar surface area (TPSA) is 54.0 Å². The van der Waals surface area contributed by atoms with E-state index in [9.17, 15) is 9.18 Å². The highest BCUT2D eigenvalue weighted by Crippen LogP contribution is 2.21. The second-order valence-electron chi connectivity index (χ2n) is 4.84. The first-order chi connectivity index (χ1) is 10.7. The lowest BCUT2D eigenvalue weighted by Gasteiger charge is -2.10. The minimum Gasteiger partial charge on any atom is -0.334 e. The highest BCUT2D eigenvalue weighted by Gasteiger charge is 2.05. The van der Waals surface area contributed by atoms with Crippen LogP contribution in [0.3, 0.4) is 0 Å². The summed E-state index contributed by atoms with van der Waals surface area (Å²) in [5.74, 6) is -0.318. The molecule has 2 amide bonds. The Morgan fingerprint density at radius 1 is 1.14 bits per heavy atom. The van der Waals surface area contributed by atoms with Crippen molar-refractivity contribution in [1.29, 1.82) is 0 Å². The maximum absolute atomic E-state index is 13.1. The van der Waals surface area contributed by atoms with Crippen molar-refractivity contribution in [1.82, 2.24) is 10.3 Å². The summed E-state index contributed by atoms with van der Waals surface area (Å²) < 4.78 is 13.1. The van der Waals surface area contributed by atoms with Gasteiger partial charge in [-0.15, -0.1) is 0 Å². The van der Waals surface area contributed by atoms with Crippen LogP contribution in [-0.4, -0.2) is 11.0 Å². The van der Waals surface area contributed by atoms with Crippen molar-refractivity contribution >= 4 is 22.5 Å². The highest BCUT2D eigenvalue weighted by molar-refractivity contribution is 6.01. The summed E-state index contributed by atoms with van der Waals surface area (Å²) in [5.41, 5.74) is 1.41. The summed E-state index contributed by atoms with van der Waals surface area (Å²) in [6.45, 7) is 0.260. The first-order valence-electron chi connectivity index (χ1n) is 6.84. The summed E-state index contributed by atoms with van der Waals surface area (Å²) in [7, 11) is 0. The molecular formula is C17H14FN3O. The Morgan fingerprint density at radius 2 is 2.00 bits per heavy atom. The molecule has 2 aromatic carbocycles. The number of anilines is 1. The van der Waals surface area contributed by atoms with Crippen LogP contribution in [0.1, 0.15) is 5.56 Å². The molecule has 0 unspecified atom stereocenters. The molecule has 0 saturated heterocycles. The smallest absolute Gasteiger partial charge is 0.319 e. The van der Waals surface area contributed by atoms with Gasteiger partial charge in [-0.1, -0.05) is 24.3 Å². The molecule has 0 bridgehead atoms. The Kier molecular flexibility index (Phi) is 3.96. The maximum Gasteiger partial charge on any atom is 0.319 e. The minimum atomic E-state index is -0.339. The lowest BCUT2D eigenvalue weighted by atomic mass is 10.1. The number of carbonyl (C=O) groups excluding carboxylic acids is 1. The Hall–Kier alpha value is -2.95. The molecule has 110 valence electrons. The molecule has 5 heteroatoms. The molecule has 0 atom stereocenters. The van der Waals surface area contributed by atoms with Crippen LogP contribution >= 0.6 is 0 Å². The second-order valence-corrected chi connectivity index (χ2v) is 4.84. The molecule has 1 aromatic heterocycles. The third-order valence-electron chi connectivity index (χ3n) is 3.27. The molecule has 0 aliphatic heterocycles. The van der Waals surface area contributed by atoms with Gasteiger partial charge in [-0.25, -0.2) is 9.18 Å². The van der Waals surface area contributed by atoms with Gasteiger partial charge >= 0.3 is 6.03 Å². The van der Waals surface area contributed by atoms with E-state index in [2.05, 4.69) is 15.6 Å². The molecule has 0 aliphatic carbocycles. The van der Waals surface area contributed by atoms with Gasteiger partial charge in [-0.05, 0) is 29.8 Å². The van der Waals surface area contributed by atoms with Gasteiger partial charge in [0.2, 0.25) is 0 Å².